The molecule has 0 fully saturated rings. The van der Waals surface area contributed by atoms with Crippen molar-refractivity contribution in [3.8, 4) is 0 Å². The molecule has 5 heteroatoms. The van der Waals surface area contributed by atoms with Gasteiger partial charge in [-0.2, -0.15) is 0 Å². The van der Waals surface area contributed by atoms with Gasteiger partial charge in [0.1, 0.15) is 0 Å². The molecular formula is C15H20N4O. The second-order valence-corrected chi connectivity index (χ2v) is 5.00. The zero-order valence-electron chi connectivity index (χ0n) is 11.7. The van der Waals surface area contributed by atoms with Crippen LogP contribution in [-0.4, -0.2) is 29.0 Å². The highest BCUT2D eigenvalue weighted by Crippen LogP contribution is 2.10. The fourth-order valence-electron chi connectivity index (χ4n) is 1.98. The normalized spacial score (nSPS) is 12.3. The first-order valence-electron chi connectivity index (χ1n) is 6.89. The minimum absolute atomic E-state index is 0.0713. The summed E-state index contributed by atoms with van der Waals surface area (Å²) in [4.78, 5) is 20.4. The smallest absolute Gasteiger partial charge is 0.251 e. The first-order valence-corrected chi connectivity index (χ1v) is 6.89. The Labute approximate surface area is 118 Å². The Hall–Kier alpha value is -2.01. The lowest BCUT2D eigenvalue weighted by Crippen LogP contribution is -2.25. The molecule has 1 aromatic heterocycles. The standard InChI is InChI=1S/C15H20N4O/c1-11(10-16)3-2-6-19-15(20)12-4-5-13-14(9-12)18-8-7-17-13/h4-5,7-9,11H,2-3,6,10,16H2,1H3,(H,19,20). The van der Waals surface area contributed by atoms with Gasteiger partial charge in [-0.25, -0.2) is 0 Å². The van der Waals surface area contributed by atoms with E-state index in [1.54, 1.807) is 24.5 Å². The summed E-state index contributed by atoms with van der Waals surface area (Å²) in [7, 11) is 0. The summed E-state index contributed by atoms with van der Waals surface area (Å²) < 4.78 is 0. The molecule has 3 N–H and O–H groups in total. The number of carbonyl (C=O) groups is 1. The molecule has 2 rings (SSSR count). The van der Waals surface area contributed by atoms with Gasteiger partial charge in [0, 0.05) is 24.5 Å². The maximum atomic E-state index is 12.0. The zero-order chi connectivity index (χ0) is 14.4. The van der Waals surface area contributed by atoms with E-state index in [1.807, 2.05) is 6.07 Å². The van der Waals surface area contributed by atoms with E-state index >= 15 is 0 Å². The summed E-state index contributed by atoms with van der Waals surface area (Å²) in [5.41, 5.74) is 7.70. The molecule has 0 aliphatic heterocycles. The van der Waals surface area contributed by atoms with Crippen LogP contribution in [-0.2, 0) is 0 Å². The van der Waals surface area contributed by atoms with Crippen LogP contribution in [0.25, 0.3) is 11.0 Å². The van der Waals surface area contributed by atoms with E-state index in [-0.39, 0.29) is 5.91 Å². The number of hydrogen-bond acceptors (Lipinski definition) is 4. The van der Waals surface area contributed by atoms with Crippen LogP contribution in [0.3, 0.4) is 0 Å². The van der Waals surface area contributed by atoms with Gasteiger partial charge in [-0.05, 0) is 43.5 Å². The maximum Gasteiger partial charge on any atom is 0.251 e. The lowest BCUT2D eigenvalue weighted by molar-refractivity contribution is 0.0952. The molecule has 20 heavy (non-hydrogen) atoms. The predicted octanol–water partition coefficient (Wildman–Crippen LogP) is 1.73. The van der Waals surface area contributed by atoms with Crippen molar-refractivity contribution in [1.82, 2.24) is 15.3 Å². The molecule has 1 heterocycles. The van der Waals surface area contributed by atoms with E-state index in [0.29, 0.717) is 24.6 Å². The molecule has 1 amide bonds. The van der Waals surface area contributed by atoms with Gasteiger partial charge in [0.2, 0.25) is 0 Å². The maximum absolute atomic E-state index is 12.0. The van der Waals surface area contributed by atoms with Crippen molar-refractivity contribution in [2.75, 3.05) is 13.1 Å². The molecule has 1 unspecified atom stereocenters. The SMILES string of the molecule is CC(CN)CCCNC(=O)c1ccc2nccnc2c1. The molecule has 1 aromatic carbocycles. The Morgan fingerprint density at radius 1 is 1.30 bits per heavy atom. The molecule has 0 bridgehead atoms. The lowest BCUT2D eigenvalue weighted by atomic mass is 10.1. The molecule has 0 aliphatic rings. The molecule has 1 atom stereocenters. The quantitative estimate of drug-likeness (QED) is 0.785. The molecule has 0 saturated heterocycles. The van der Waals surface area contributed by atoms with Crippen LogP contribution in [0, 0.1) is 5.92 Å². The summed E-state index contributed by atoms with van der Waals surface area (Å²) in [5.74, 6) is 0.431. The monoisotopic (exact) mass is 272 g/mol. The first-order chi connectivity index (χ1) is 9.70. The summed E-state index contributed by atoms with van der Waals surface area (Å²) in [6.45, 7) is 3.47. The van der Waals surface area contributed by atoms with Crippen molar-refractivity contribution < 1.29 is 4.79 Å². The fourth-order valence-corrected chi connectivity index (χ4v) is 1.98. The Balaban J connectivity index is 1.91. The molecule has 5 nitrogen and oxygen atoms in total. The lowest BCUT2D eigenvalue weighted by Gasteiger charge is -2.09. The van der Waals surface area contributed by atoms with Gasteiger partial charge in [-0.1, -0.05) is 6.92 Å². The molecule has 2 aromatic rings. The van der Waals surface area contributed by atoms with E-state index < -0.39 is 0 Å². The van der Waals surface area contributed by atoms with Crippen molar-refractivity contribution in [3.63, 3.8) is 0 Å². The summed E-state index contributed by atoms with van der Waals surface area (Å²) >= 11 is 0. The largest absolute Gasteiger partial charge is 0.352 e. The van der Waals surface area contributed by atoms with Crippen LogP contribution in [0.2, 0.25) is 0 Å². The Bertz CT molecular complexity index is 585. The van der Waals surface area contributed by atoms with E-state index in [2.05, 4.69) is 22.2 Å². The number of nitrogens with one attached hydrogen (secondary N) is 1. The number of hydrogen-bond donors (Lipinski definition) is 2. The average Bonchev–Trinajstić information content (AvgIpc) is 2.50. The second kappa shape index (κ2) is 6.96. The van der Waals surface area contributed by atoms with E-state index in [9.17, 15) is 4.79 Å². The van der Waals surface area contributed by atoms with E-state index in [0.717, 1.165) is 23.9 Å². The van der Waals surface area contributed by atoms with Crippen LogP contribution in [0.4, 0.5) is 0 Å². The van der Waals surface area contributed by atoms with Crippen molar-refractivity contribution in [2.24, 2.45) is 11.7 Å². The number of benzene rings is 1. The van der Waals surface area contributed by atoms with Crippen molar-refractivity contribution in [1.29, 1.82) is 0 Å². The summed E-state index contributed by atoms with van der Waals surface area (Å²) in [6, 6.07) is 5.35. The fraction of sp³-hybridized carbons (Fsp3) is 0.400. The third-order valence-electron chi connectivity index (χ3n) is 3.29. The number of nitrogens with zero attached hydrogens (tertiary/aromatic N) is 2. The topological polar surface area (TPSA) is 80.9 Å². The zero-order valence-corrected chi connectivity index (χ0v) is 11.7. The number of amides is 1. The van der Waals surface area contributed by atoms with Crippen molar-refractivity contribution in [3.05, 3.63) is 36.2 Å². The van der Waals surface area contributed by atoms with Crippen LogP contribution < -0.4 is 11.1 Å². The molecule has 0 spiro atoms. The van der Waals surface area contributed by atoms with Gasteiger partial charge >= 0.3 is 0 Å². The van der Waals surface area contributed by atoms with Gasteiger partial charge < -0.3 is 11.1 Å². The highest BCUT2D eigenvalue weighted by molar-refractivity contribution is 5.97. The third-order valence-corrected chi connectivity index (χ3v) is 3.29. The molecule has 0 aliphatic carbocycles. The summed E-state index contributed by atoms with van der Waals surface area (Å²) in [5, 5.41) is 2.92. The van der Waals surface area contributed by atoms with Crippen LogP contribution in [0.1, 0.15) is 30.1 Å². The van der Waals surface area contributed by atoms with E-state index in [1.165, 1.54) is 0 Å². The van der Waals surface area contributed by atoms with Gasteiger partial charge in [0.05, 0.1) is 11.0 Å². The molecule has 0 saturated carbocycles. The predicted molar refractivity (Wildman–Crippen MR) is 79.3 cm³/mol. The number of nitrogens with two attached hydrogens (primary N) is 1. The van der Waals surface area contributed by atoms with Crippen molar-refractivity contribution in [2.45, 2.75) is 19.8 Å². The number of carbonyl (C=O) groups excluding carboxylic acids is 1. The van der Waals surface area contributed by atoms with Gasteiger partial charge in [-0.3, -0.25) is 14.8 Å². The Morgan fingerprint density at radius 2 is 2.05 bits per heavy atom. The summed E-state index contributed by atoms with van der Waals surface area (Å²) in [6.07, 6.45) is 5.23. The molecule has 0 radical (unpaired) electrons. The van der Waals surface area contributed by atoms with Gasteiger partial charge in [0.15, 0.2) is 0 Å². The first kappa shape index (κ1) is 14.4. The van der Waals surface area contributed by atoms with Gasteiger partial charge in [0.25, 0.3) is 5.91 Å². The minimum Gasteiger partial charge on any atom is -0.352 e. The Kier molecular flexibility index (Phi) is 5.01. The minimum atomic E-state index is -0.0713. The number of aromatic nitrogens is 2. The third kappa shape index (κ3) is 3.74. The van der Waals surface area contributed by atoms with Crippen LogP contribution >= 0.6 is 0 Å². The highest BCUT2D eigenvalue weighted by Gasteiger charge is 2.07. The second-order valence-electron chi connectivity index (χ2n) is 5.00. The number of fused-ring (bicyclic) bond motifs is 1. The van der Waals surface area contributed by atoms with E-state index in [4.69, 9.17) is 5.73 Å². The molecule has 106 valence electrons. The van der Waals surface area contributed by atoms with Crippen LogP contribution in [0.5, 0.6) is 0 Å². The Morgan fingerprint density at radius 3 is 2.80 bits per heavy atom. The van der Waals surface area contributed by atoms with Crippen molar-refractivity contribution >= 4 is 16.9 Å². The van der Waals surface area contributed by atoms with Crippen LogP contribution in [0.15, 0.2) is 30.6 Å². The highest BCUT2D eigenvalue weighted by atomic mass is 16.1. The van der Waals surface area contributed by atoms with Gasteiger partial charge in [-0.15, -0.1) is 0 Å². The number of rotatable bonds is 6. The average molecular weight is 272 g/mol. The molecular weight excluding hydrogens is 252 g/mol.